The van der Waals surface area contributed by atoms with Crippen molar-refractivity contribution >= 4 is 6.09 Å². The van der Waals surface area contributed by atoms with Crippen LogP contribution in [0.25, 0.3) is 0 Å². The van der Waals surface area contributed by atoms with Crippen molar-refractivity contribution in [2.45, 2.75) is 57.8 Å². The lowest BCUT2D eigenvalue weighted by atomic mass is 10.1. The molecule has 1 aromatic rings. The molecule has 1 aliphatic heterocycles. The van der Waals surface area contributed by atoms with Crippen LogP contribution in [0.3, 0.4) is 0 Å². The third-order valence-electron chi connectivity index (χ3n) is 4.59. The lowest BCUT2D eigenvalue weighted by Crippen LogP contribution is -2.51. The second-order valence-corrected chi connectivity index (χ2v) is 7.65. The first-order valence-corrected chi connectivity index (χ1v) is 8.29. The summed E-state index contributed by atoms with van der Waals surface area (Å²) >= 11 is 0. The average molecular weight is 320 g/mol. The minimum absolute atomic E-state index is 0.204. The Kier molecular flexibility index (Phi) is 4.32. The molecule has 1 aliphatic carbocycles. The molecule has 0 aromatic heterocycles. The summed E-state index contributed by atoms with van der Waals surface area (Å²) in [7, 11) is 0. The van der Waals surface area contributed by atoms with Crippen LogP contribution in [0.5, 0.6) is 0 Å². The zero-order chi connectivity index (χ0) is 16.6. The number of halogens is 1. The standard InChI is InChI=1S/C18H25FN2O2/c1-18(2,3)23-17(22)21-11-13-8-15(16(21)9-13)20-10-12-4-6-14(19)7-5-12/h4-7,13,15-16,20H,8-11H2,1-3H3/t13-,15+,16-/m0/s1. The van der Waals surface area contributed by atoms with Crippen molar-refractivity contribution in [2.75, 3.05) is 6.54 Å². The van der Waals surface area contributed by atoms with E-state index in [2.05, 4.69) is 5.32 Å². The number of rotatable bonds is 3. The van der Waals surface area contributed by atoms with E-state index in [-0.39, 0.29) is 24.0 Å². The van der Waals surface area contributed by atoms with E-state index in [4.69, 9.17) is 4.74 Å². The smallest absolute Gasteiger partial charge is 0.410 e. The number of ether oxygens (including phenoxy) is 1. The highest BCUT2D eigenvalue weighted by Gasteiger charge is 2.47. The lowest BCUT2D eigenvalue weighted by Gasteiger charge is -2.35. The Balaban J connectivity index is 1.57. The number of nitrogens with one attached hydrogen (secondary N) is 1. The number of carbonyl (C=O) groups excluding carboxylic acids is 1. The van der Waals surface area contributed by atoms with Crippen LogP contribution in [-0.2, 0) is 11.3 Å². The summed E-state index contributed by atoms with van der Waals surface area (Å²) < 4.78 is 18.5. The maximum absolute atomic E-state index is 12.9. The number of nitrogens with zero attached hydrogens (tertiary/aromatic N) is 1. The minimum atomic E-state index is -0.462. The van der Waals surface area contributed by atoms with Crippen LogP contribution in [0.4, 0.5) is 9.18 Å². The first kappa shape index (κ1) is 16.2. The molecule has 126 valence electrons. The fraction of sp³-hybridized carbons (Fsp3) is 0.611. The molecule has 5 heteroatoms. The third kappa shape index (κ3) is 3.83. The Morgan fingerprint density at radius 3 is 2.61 bits per heavy atom. The van der Waals surface area contributed by atoms with E-state index < -0.39 is 5.60 Å². The van der Waals surface area contributed by atoms with Crippen molar-refractivity contribution in [1.29, 1.82) is 0 Å². The van der Waals surface area contributed by atoms with Gasteiger partial charge in [0.1, 0.15) is 11.4 Å². The molecule has 0 radical (unpaired) electrons. The van der Waals surface area contributed by atoms with Crippen LogP contribution in [0, 0.1) is 11.7 Å². The van der Waals surface area contributed by atoms with Gasteiger partial charge in [-0.15, -0.1) is 0 Å². The summed E-state index contributed by atoms with van der Waals surface area (Å²) in [5.41, 5.74) is 0.591. The Morgan fingerprint density at radius 2 is 2.00 bits per heavy atom. The monoisotopic (exact) mass is 320 g/mol. The molecular weight excluding hydrogens is 295 g/mol. The molecule has 1 saturated heterocycles. The number of fused-ring (bicyclic) bond motifs is 2. The van der Waals surface area contributed by atoms with Gasteiger partial charge in [-0.25, -0.2) is 9.18 Å². The van der Waals surface area contributed by atoms with Crippen LogP contribution in [0.2, 0.25) is 0 Å². The van der Waals surface area contributed by atoms with Gasteiger partial charge in [0, 0.05) is 19.1 Å². The summed E-state index contributed by atoms with van der Waals surface area (Å²) in [6.07, 6.45) is 1.92. The Hall–Kier alpha value is -1.62. The molecule has 2 bridgehead atoms. The predicted octanol–water partition coefficient (Wildman–Crippen LogP) is 3.31. The van der Waals surface area contributed by atoms with Crippen molar-refractivity contribution in [2.24, 2.45) is 5.92 Å². The van der Waals surface area contributed by atoms with E-state index in [0.29, 0.717) is 12.5 Å². The molecule has 1 heterocycles. The highest BCUT2D eigenvalue weighted by Crippen LogP contribution is 2.38. The van der Waals surface area contributed by atoms with Gasteiger partial charge >= 0.3 is 6.09 Å². The van der Waals surface area contributed by atoms with Crippen LogP contribution < -0.4 is 5.32 Å². The maximum atomic E-state index is 12.9. The molecule has 3 rings (SSSR count). The number of piperidine rings is 1. The molecule has 0 spiro atoms. The van der Waals surface area contributed by atoms with Gasteiger partial charge in [0.25, 0.3) is 0 Å². The second-order valence-electron chi connectivity index (χ2n) is 7.65. The lowest BCUT2D eigenvalue weighted by molar-refractivity contribution is 0.0157. The zero-order valence-corrected chi connectivity index (χ0v) is 14.0. The third-order valence-corrected chi connectivity index (χ3v) is 4.59. The van der Waals surface area contributed by atoms with Gasteiger partial charge in [-0.2, -0.15) is 0 Å². The van der Waals surface area contributed by atoms with E-state index in [9.17, 15) is 9.18 Å². The Bertz CT molecular complexity index is 567. The molecule has 2 aliphatic rings. The Labute approximate surface area is 137 Å². The minimum Gasteiger partial charge on any atom is -0.444 e. The first-order valence-electron chi connectivity index (χ1n) is 8.29. The van der Waals surface area contributed by atoms with Crippen LogP contribution in [-0.4, -0.2) is 35.2 Å². The highest BCUT2D eigenvalue weighted by molar-refractivity contribution is 5.69. The largest absolute Gasteiger partial charge is 0.444 e. The van der Waals surface area contributed by atoms with Crippen molar-refractivity contribution < 1.29 is 13.9 Å². The fourth-order valence-corrected chi connectivity index (χ4v) is 3.63. The number of hydrogen-bond donors (Lipinski definition) is 1. The number of likely N-dealkylation sites (tertiary alicyclic amines) is 1. The number of hydrogen-bond acceptors (Lipinski definition) is 3. The SMILES string of the molecule is CC(C)(C)OC(=O)N1C[C@H]2C[C@@H](NCc3ccc(F)cc3)[C@@H]1C2. The molecule has 1 saturated carbocycles. The molecule has 1 amide bonds. The number of carbonyl (C=O) groups is 1. The second kappa shape index (κ2) is 6.11. The topological polar surface area (TPSA) is 41.6 Å². The zero-order valence-electron chi connectivity index (χ0n) is 14.0. The van der Waals surface area contributed by atoms with Crippen molar-refractivity contribution in [3.63, 3.8) is 0 Å². The van der Waals surface area contributed by atoms with E-state index in [1.165, 1.54) is 12.1 Å². The maximum Gasteiger partial charge on any atom is 0.410 e. The summed E-state index contributed by atoms with van der Waals surface area (Å²) in [6.45, 7) is 7.17. The number of amides is 1. The summed E-state index contributed by atoms with van der Waals surface area (Å²) in [5.74, 6) is 0.336. The fourth-order valence-electron chi connectivity index (χ4n) is 3.63. The molecule has 4 nitrogen and oxygen atoms in total. The van der Waals surface area contributed by atoms with E-state index >= 15 is 0 Å². The molecule has 23 heavy (non-hydrogen) atoms. The van der Waals surface area contributed by atoms with Gasteiger partial charge < -0.3 is 15.0 Å². The summed E-state index contributed by atoms with van der Waals surface area (Å²) in [6, 6.07) is 7.03. The number of benzene rings is 1. The Morgan fingerprint density at radius 1 is 1.30 bits per heavy atom. The van der Waals surface area contributed by atoms with Gasteiger partial charge in [0.2, 0.25) is 0 Å². The van der Waals surface area contributed by atoms with Gasteiger partial charge in [-0.3, -0.25) is 0 Å². The van der Waals surface area contributed by atoms with E-state index in [1.807, 2.05) is 25.7 Å². The van der Waals surface area contributed by atoms with Gasteiger partial charge in [0.05, 0.1) is 6.04 Å². The molecule has 2 fully saturated rings. The normalized spacial score (nSPS) is 26.6. The van der Waals surface area contributed by atoms with E-state index in [0.717, 1.165) is 24.9 Å². The summed E-state index contributed by atoms with van der Waals surface area (Å²) in [4.78, 5) is 14.2. The van der Waals surface area contributed by atoms with Gasteiger partial charge in [-0.1, -0.05) is 12.1 Å². The van der Waals surface area contributed by atoms with Gasteiger partial charge in [-0.05, 0) is 57.2 Å². The average Bonchev–Trinajstić information content (AvgIpc) is 3.05. The quantitative estimate of drug-likeness (QED) is 0.929. The van der Waals surface area contributed by atoms with Crippen LogP contribution >= 0.6 is 0 Å². The van der Waals surface area contributed by atoms with Crippen LogP contribution in [0.15, 0.2) is 24.3 Å². The molecule has 3 atom stereocenters. The molecule has 1 aromatic carbocycles. The van der Waals surface area contributed by atoms with Gasteiger partial charge in [0.15, 0.2) is 0 Å². The highest BCUT2D eigenvalue weighted by atomic mass is 19.1. The summed E-state index contributed by atoms with van der Waals surface area (Å²) in [5, 5.41) is 3.52. The van der Waals surface area contributed by atoms with Crippen LogP contribution in [0.1, 0.15) is 39.2 Å². The van der Waals surface area contributed by atoms with E-state index in [1.54, 1.807) is 12.1 Å². The van der Waals surface area contributed by atoms with Crippen molar-refractivity contribution in [3.05, 3.63) is 35.6 Å². The van der Waals surface area contributed by atoms with Crippen molar-refractivity contribution in [3.8, 4) is 0 Å². The molecule has 0 unspecified atom stereocenters. The predicted molar refractivity (Wildman–Crippen MR) is 86.5 cm³/mol. The first-order chi connectivity index (χ1) is 10.8. The van der Waals surface area contributed by atoms with Crippen molar-refractivity contribution in [1.82, 2.24) is 10.2 Å². The molecular formula is C18H25FN2O2. The molecule has 1 N–H and O–H groups in total.